The molecule has 0 aromatic rings. The van der Waals surface area contributed by atoms with Gasteiger partial charge in [0.25, 0.3) is 6.29 Å². The number of hydrogen-bond acceptors (Lipinski definition) is 7. The van der Waals surface area contributed by atoms with E-state index in [1.54, 1.807) is 0 Å². The van der Waals surface area contributed by atoms with E-state index in [-0.39, 0.29) is 38.6 Å². The van der Waals surface area contributed by atoms with Gasteiger partial charge in [-0.2, -0.15) is 0 Å². The first-order valence-corrected chi connectivity index (χ1v) is 38.9. The number of nitrogens with zero attached hydrogens (tertiary/aromatic N) is 1. The molecule has 2 atom stereocenters. The Labute approximate surface area is 596 Å². The summed E-state index contributed by atoms with van der Waals surface area (Å²) in [5.41, 5.74) is 0. The van der Waals surface area contributed by atoms with Crippen molar-refractivity contribution < 1.29 is 42.9 Å². The first-order chi connectivity index (χ1) is 47.6. The number of rotatable bonds is 70. The van der Waals surface area contributed by atoms with Crippen molar-refractivity contribution in [2.24, 2.45) is 0 Å². The monoisotopic (exact) mass is 1340 g/mol. The number of hydrogen-bond donors (Lipinski definition) is 1. The fraction of sp³-hybridized carbons (Fsp3) is 0.625. The quantitative estimate of drug-likeness (QED) is 0.0211. The van der Waals surface area contributed by atoms with Crippen LogP contribution >= 0.6 is 0 Å². The summed E-state index contributed by atoms with van der Waals surface area (Å²) in [6, 6.07) is 0. The summed E-state index contributed by atoms with van der Waals surface area (Å²) in [4.78, 5) is 37.7. The number of quaternary nitrogens is 1. The average Bonchev–Trinajstić information content (AvgIpc) is 2.39. The van der Waals surface area contributed by atoms with Gasteiger partial charge >= 0.3 is 17.9 Å². The zero-order valence-electron chi connectivity index (χ0n) is 62.7. The van der Waals surface area contributed by atoms with E-state index in [2.05, 4.69) is 196 Å². The number of esters is 2. The maximum absolute atomic E-state index is 13.0. The zero-order chi connectivity index (χ0) is 70.4. The molecule has 0 aromatic carbocycles. The average molecular weight is 1340 g/mol. The van der Waals surface area contributed by atoms with Gasteiger partial charge in [-0.15, -0.1) is 0 Å². The predicted octanol–water partition coefficient (Wildman–Crippen LogP) is 25.1. The number of carbonyl (C=O) groups is 3. The Morgan fingerprint density at radius 3 is 0.897 bits per heavy atom. The molecule has 0 spiro atoms. The van der Waals surface area contributed by atoms with Crippen LogP contribution in [0.25, 0.3) is 0 Å². The molecule has 0 heterocycles. The summed E-state index contributed by atoms with van der Waals surface area (Å²) in [5.74, 6) is -2.08. The number of aliphatic carboxylic acids is 1. The standard InChI is InChI=1S/C88H143NO8/c1-6-8-10-12-14-16-18-20-22-24-26-28-30-32-34-36-38-40-41-42-43-44-45-47-49-51-53-55-57-59-61-63-65-67-69-71-73-75-77-79-86(91)97-84(83-96-88(87(92)93)94-81-80-89(3,4)5)82-95-85(90)78-76-74-72-70-68-66-64-62-60-58-56-54-52-50-48-46-39-37-35-33-31-29-27-25-23-21-19-17-15-13-11-9-7-2/h8,10,14,16,19-22,25-28,31-34,38,40,42-43,45,47,51,53,57,59,63,65,69,71,84,88H,6-7,9,11-13,15,17-18,23-24,29-30,35-37,39,41,44,46,48-50,52,54-56,58,60-62,64,66-68,70,72-83H2,1-5H3/p+1/b10-8-,16-14-,21-19-,22-20-,27-25-,28-26-,33-31-,34-32-,40-38-,43-42-,47-45-,53-51-,59-57-,65-63-,71-69-. The molecule has 0 aliphatic rings. The Balaban J connectivity index is 4.20. The molecule has 0 fully saturated rings. The second-order valence-electron chi connectivity index (χ2n) is 26.6. The van der Waals surface area contributed by atoms with Gasteiger partial charge in [0.1, 0.15) is 13.2 Å². The van der Waals surface area contributed by atoms with E-state index in [0.717, 1.165) is 122 Å². The fourth-order valence-corrected chi connectivity index (χ4v) is 10.2. The van der Waals surface area contributed by atoms with Crippen molar-refractivity contribution in [2.75, 3.05) is 47.5 Å². The molecule has 0 aliphatic heterocycles. The minimum absolute atomic E-state index is 0.170. The number of carbonyl (C=O) groups excluding carboxylic acids is 2. The molecule has 0 rings (SSSR count). The highest BCUT2D eigenvalue weighted by atomic mass is 16.7. The maximum atomic E-state index is 13.0. The lowest BCUT2D eigenvalue weighted by Crippen LogP contribution is -2.40. The molecule has 1 N–H and O–H groups in total. The van der Waals surface area contributed by atoms with Crippen LogP contribution in [0.2, 0.25) is 0 Å². The Morgan fingerprint density at radius 1 is 0.320 bits per heavy atom. The predicted molar refractivity (Wildman–Crippen MR) is 419 cm³/mol. The molecule has 0 radical (unpaired) electrons. The van der Waals surface area contributed by atoms with Gasteiger partial charge < -0.3 is 28.5 Å². The lowest BCUT2D eigenvalue weighted by Gasteiger charge is -2.25. The largest absolute Gasteiger partial charge is 0.477 e. The normalized spacial score (nSPS) is 13.7. The lowest BCUT2D eigenvalue weighted by molar-refractivity contribution is -0.870. The van der Waals surface area contributed by atoms with Gasteiger partial charge in [0.05, 0.1) is 34.4 Å². The first kappa shape index (κ1) is 91.4. The molecule has 0 amide bonds. The van der Waals surface area contributed by atoms with Crippen LogP contribution in [-0.4, -0.2) is 87.4 Å². The second-order valence-corrected chi connectivity index (χ2v) is 26.6. The number of carboxylic acids is 1. The van der Waals surface area contributed by atoms with Crippen molar-refractivity contribution in [3.05, 3.63) is 182 Å². The number of likely N-dealkylation sites (N-methyl/N-ethyl adjacent to an activating group) is 1. The van der Waals surface area contributed by atoms with Gasteiger partial charge in [-0.25, -0.2) is 4.79 Å². The molecule has 0 saturated carbocycles. The summed E-state index contributed by atoms with van der Waals surface area (Å²) in [5, 5.41) is 9.76. The minimum atomic E-state index is -1.53. The number of allylic oxidation sites excluding steroid dienone is 30. The Hall–Kier alpha value is -5.61. The summed E-state index contributed by atoms with van der Waals surface area (Å²) in [6.07, 6.45) is 113. The highest BCUT2D eigenvalue weighted by Crippen LogP contribution is 2.17. The number of unbranched alkanes of at least 4 members (excludes halogenated alkanes) is 25. The Kier molecular flexibility index (Phi) is 71.7. The van der Waals surface area contributed by atoms with Crippen molar-refractivity contribution in [3.8, 4) is 0 Å². The van der Waals surface area contributed by atoms with Crippen molar-refractivity contribution in [1.82, 2.24) is 0 Å². The maximum Gasteiger partial charge on any atom is 0.361 e. The number of carboxylic acid groups (broad SMARTS) is 1. The van der Waals surface area contributed by atoms with E-state index >= 15 is 0 Å². The van der Waals surface area contributed by atoms with Gasteiger partial charge in [0.15, 0.2) is 6.10 Å². The molecule has 2 unspecified atom stereocenters. The van der Waals surface area contributed by atoms with E-state index in [9.17, 15) is 19.5 Å². The summed E-state index contributed by atoms with van der Waals surface area (Å²) in [6.45, 7) is 4.70. The molecule has 0 aromatic heterocycles. The van der Waals surface area contributed by atoms with E-state index < -0.39 is 24.3 Å². The van der Waals surface area contributed by atoms with Crippen LogP contribution in [0.4, 0.5) is 0 Å². The Morgan fingerprint density at radius 2 is 0.588 bits per heavy atom. The Bertz CT molecular complexity index is 2260. The third kappa shape index (κ3) is 77.6. The van der Waals surface area contributed by atoms with Gasteiger partial charge in [-0.1, -0.05) is 325 Å². The van der Waals surface area contributed by atoms with Crippen LogP contribution in [0.5, 0.6) is 0 Å². The topological polar surface area (TPSA) is 108 Å². The van der Waals surface area contributed by atoms with Crippen LogP contribution < -0.4 is 0 Å². The molecule has 9 nitrogen and oxygen atoms in total. The molecule has 0 saturated heterocycles. The van der Waals surface area contributed by atoms with Crippen LogP contribution in [0.1, 0.15) is 296 Å². The zero-order valence-corrected chi connectivity index (χ0v) is 62.7. The summed E-state index contributed by atoms with van der Waals surface area (Å²) < 4.78 is 22.9. The van der Waals surface area contributed by atoms with E-state index in [1.807, 2.05) is 21.1 Å². The SMILES string of the molecule is CC/C=C\C/C=C\C/C=C\C/C=C\C/C=C\C/C=C\C/C=C\C/C=C\C/C=C\C/C=C\C/C=C\C/C=C\CCCCC(=O)OC(COC(=O)CCCCCCCCCCCCCCCCCCCC/C=C\C/C=C\C/C=C\CCCCCCC)COC(OCC[N+](C)(C)C)C(=O)O. The van der Waals surface area contributed by atoms with Crippen molar-refractivity contribution in [1.29, 1.82) is 0 Å². The van der Waals surface area contributed by atoms with Crippen molar-refractivity contribution in [2.45, 2.75) is 309 Å². The molecule has 9 heteroatoms. The highest BCUT2D eigenvalue weighted by Gasteiger charge is 2.25. The van der Waals surface area contributed by atoms with Crippen molar-refractivity contribution >= 4 is 17.9 Å². The molecular weight excluding hydrogens is 1200 g/mol. The van der Waals surface area contributed by atoms with Gasteiger partial charge in [0, 0.05) is 12.8 Å². The highest BCUT2D eigenvalue weighted by molar-refractivity contribution is 5.71. The van der Waals surface area contributed by atoms with Crippen LogP contribution in [-0.2, 0) is 33.3 Å². The minimum Gasteiger partial charge on any atom is -0.477 e. The number of ether oxygens (including phenoxy) is 4. The third-order valence-electron chi connectivity index (χ3n) is 16.1. The molecule has 97 heavy (non-hydrogen) atoms. The molecular formula is C88H144NO8+. The van der Waals surface area contributed by atoms with Gasteiger partial charge in [-0.3, -0.25) is 9.59 Å². The first-order valence-electron chi connectivity index (χ1n) is 38.9. The summed E-state index contributed by atoms with van der Waals surface area (Å²) >= 11 is 0. The van der Waals surface area contributed by atoms with E-state index in [4.69, 9.17) is 18.9 Å². The summed E-state index contributed by atoms with van der Waals surface area (Å²) in [7, 11) is 5.96. The lowest BCUT2D eigenvalue weighted by atomic mass is 10.0. The van der Waals surface area contributed by atoms with Crippen LogP contribution in [0.15, 0.2) is 182 Å². The van der Waals surface area contributed by atoms with E-state index in [0.29, 0.717) is 17.4 Å². The van der Waals surface area contributed by atoms with Crippen molar-refractivity contribution in [3.63, 3.8) is 0 Å². The molecule has 548 valence electrons. The van der Waals surface area contributed by atoms with Gasteiger partial charge in [-0.05, 0) is 141 Å². The van der Waals surface area contributed by atoms with Crippen LogP contribution in [0.3, 0.4) is 0 Å². The van der Waals surface area contributed by atoms with Gasteiger partial charge in [0.2, 0.25) is 0 Å². The molecule has 0 aliphatic carbocycles. The smallest absolute Gasteiger partial charge is 0.361 e. The second kappa shape index (κ2) is 76.1. The van der Waals surface area contributed by atoms with E-state index in [1.165, 1.54) is 141 Å². The third-order valence-corrected chi connectivity index (χ3v) is 16.1. The fourth-order valence-electron chi connectivity index (χ4n) is 10.2. The molecule has 0 bridgehead atoms. The van der Waals surface area contributed by atoms with Crippen LogP contribution in [0, 0.1) is 0 Å².